The Labute approximate surface area is 231 Å². The molecule has 8 heteroatoms. The second-order valence-corrected chi connectivity index (χ2v) is 17.5. The van der Waals surface area contributed by atoms with E-state index in [1.807, 2.05) is 44.2 Å². The molecule has 38 heavy (non-hydrogen) atoms. The van der Waals surface area contributed by atoms with Gasteiger partial charge in [0.05, 0.1) is 32.0 Å². The fourth-order valence-electron chi connectivity index (χ4n) is 4.38. The Morgan fingerprint density at radius 3 is 2.29 bits per heavy atom. The zero-order valence-corrected chi connectivity index (χ0v) is 26.1. The van der Waals surface area contributed by atoms with Crippen LogP contribution < -0.4 is 4.74 Å². The molecule has 1 aliphatic rings. The van der Waals surface area contributed by atoms with Gasteiger partial charge in [0.1, 0.15) is 12.4 Å². The summed E-state index contributed by atoms with van der Waals surface area (Å²) in [6.07, 6.45) is 1.30. The number of rotatable bonds is 13. The normalized spacial score (nSPS) is 18.3. The molecule has 1 aromatic rings. The number of benzene rings is 1. The lowest BCUT2D eigenvalue weighted by Gasteiger charge is -2.46. The van der Waals surface area contributed by atoms with Crippen molar-refractivity contribution in [3.05, 3.63) is 42.5 Å². The molecule has 2 amide bonds. The van der Waals surface area contributed by atoms with Crippen molar-refractivity contribution in [2.24, 2.45) is 11.3 Å². The highest BCUT2D eigenvalue weighted by Gasteiger charge is 2.46. The van der Waals surface area contributed by atoms with Crippen molar-refractivity contribution >= 4 is 20.3 Å². The monoisotopic (exact) mass is 547 g/mol. The number of carbonyl (C=O) groups is 2. The van der Waals surface area contributed by atoms with Crippen LogP contribution in [-0.2, 0) is 25.3 Å². The van der Waals surface area contributed by atoms with E-state index in [9.17, 15) is 9.59 Å². The first-order valence-corrected chi connectivity index (χ1v) is 16.5. The van der Waals surface area contributed by atoms with Gasteiger partial charge in [-0.15, -0.1) is 6.58 Å². The van der Waals surface area contributed by atoms with E-state index in [0.717, 1.165) is 11.3 Å². The zero-order chi connectivity index (χ0) is 28.9. The first-order valence-electron chi connectivity index (χ1n) is 13.6. The molecule has 214 valence electrons. The molecule has 1 aromatic carbocycles. The van der Waals surface area contributed by atoms with E-state index in [0.29, 0.717) is 13.0 Å². The van der Waals surface area contributed by atoms with Crippen molar-refractivity contribution in [2.45, 2.75) is 104 Å². The highest BCUT2D eigenvalue weighted by atomic mass is 28.4. The number of hydrogen-bond donors (Lipinski definition) is 0. The lowest BCUT2D eigenvalue weighted by molar-refractivity contribution is -0.131. The molecule has 7 nitrogen and oxygen atoms in total. The molecule has 0 spiro atoms. The van der Waals surface area contributed by atoms with Gasteiger partial charge in [0.15, 0.2) is 8.32 Å². The summed E-state index contributed by atoms with van der Waals surface area (Å²) in [5.74, 6) is 0.696. The molecule has 0 unspecified atom stereocenters. The maximum Gasteiger partial charge on any atom is 0.416 e. The standard InChI is InChI=1S/C30H49NO6Si/c1-12-25(35-19-22-13-15-23(34-9)16-14-22)30(7,8)26(37-38(10,11)29(4,5)6)17-18-27(32)31-24(21(2)3)20-36-28(31)33/h12-16,21,24-26H,1,17-20H2,2-11H3/t24-,25+,26+/m1/s1. The van der Waals surface area contributed by atoms with Gasteiger partial charge < -0.3 is 18.6 Å². The minimum atomic E-state index is -2.20. The molecule has 0 aromatic heterocycles. The molecule has 3 atom stereocenters. The minimum absolute atomic E-state index is 0.0134. The topological polar surface area (TPSA) is 74.3 Å². The van der Waals surface area contributed by atoms with Crippen LogP contribution in [-0.4, -0.2) is 57.2 Å². The summed E-state index contributed by atoms with van der Waals surface area (Å²) in [7, 11) is -0.559. The summed E-state index contributed by atoms with van der Waals surface area (Å²) in [5.41, 5.74) is 0.533. The number of carbonyl (C=O) groups excluding carboxylic acids is 2. The van der Waals surface area contributed by atoms with E-state index in [4.69, 9.17) is 18.6 Å². The van der Waals surface area contributed by atoms with Crippen LogP contribution in [0.1, 0.15) is 66.9 Å². The number of ether oxygens (including phenoxy) is 3. The van der Waals surface area contributed by atoms with Crippen molar-refractivity contribution in [2.75, 3.05) is 13.7 Å². The van der Waals surface area contributed by atoms with E-state index >= 15 is 0 Å². The molecule has 1 aliphatic heterocycles. The van der Waals surface area contributed by atoms with Gasteiger partial charge in [-0.1, -0.05) is 66.7 Å². The second kappa shape index (κ2) is 12.8. The molecule has 0 saturated carbocycles. The predicted octanol–water partition coefficient (Wildman–Crippen LogP) is 6.97. The Balaban J connectivity index is 2.26. The third kappa shape index (κ3) is 7.70. The maximum absolute atomic E-state index is 13.3. The number of amides is 2. The van der Waals surface area contributed by atoms with Crippen LogP contribution in [0, 0.1) is 11.3 Å². The first kappa shape index (κ1) is 32.1. The summed E-state index contributed by atoms with van der Waals surface area (Å²) in [6.45, 7) is 24.0. The van der Waals surface area contributed by atoms with E-state index in [2.05, 4.69) is 54.3 Å². The Kier molecular flexibility index (Phi) is 10.8. The van der Waals surface area contributed by atoms with Gasteiger partial charge in [-0.05, 0) is 48.2 Å². The zero-order valence-electron chi connectivity index (χ0n) is 25.1. The molecule has 0 bridgehead atoms. The van der Waals surface area contributed by atoms with Crippen molar-refractivity contribution in [3.63, 3.8) is 0 Å². The molecular weight excluding hydrogens is 498 g/mol. The Hall–Kier alpha value is -2.16. The van der Waals surface area contributed by atoms with E-state index < -0.39 is 19.8 Å². The average Bonchev–Trinajstić information content (AvgIpc) is 3.23. The summed E-state index contributed by atoms with van der Waals surface area (Å²) in [5, 5.41) is -0.0134. The van der Waals surface area contributed by atoms with Gasteiger partial charge in [-0.3, -0.25) is 4.79 Å². The van der Waals surface area contributed by atoms with Crippen LogP contribution in [0.15, 0.2) is 36.9 Å². The molecule has 1 saturated heterocycles. The van der Waals surface area contributed by atoms with Crippen LogP contribution in [0.4, 0.5) is 4.79 Å². The van der Waals surface area contributed by atoms with Crippen LogP contribution in [0.5, 0.6) is 5.75 Å². The minimum Gasteiger partial charge on any atom is -0.497 e. The summed E-state index contributed by atoms with van der Waals surface area (Å²) < 4.78 is 23.8. The number of methoxy groups -OCH3 is 1. The summed E-state index contributed by atoms with van der Waals surface area (Å²) >= 11 is 0. The van der Waals surface area contributed by atoms with Crippen LogP contribution in [0.2, 0.25) is 18.1 Å². The molecule has 0 N–H and O–H groups in total. The largest absolute Gasteiger partial charge is 0.497 e. The van der Waals surface area contributed by atoms with Crippen molar-refractivity contribution in [1.82, 2.24) is 4.90 Å². The van der Waals surface area contributed by atoms with E-state index in [1.165, 1.54) is 4.90 Å². The van der Waals surface area contributed by atoms with Gasteiger partial charge in [0.25, 0.3) is 0 Å². The SMILES string of the molecule is C=C[C@H](OCc1ccc(OC)cc1)C(C)(C)[C@H](CCC(=O)N1C(=O)OC[C@@H]1C(C)C)O[Si](C)(C)C(C)(C)C. The second-order valence-electron chi connectivity index (χ2n) is 12.7. The van der Waals surface area contributed by atoms with Gasteiger partial charge in [0, 0.05) is 11.8 Å². The lowest BCUT2D eigenvalue weighted by atomic mass is 9.78. The highest BCUT2D eigenvalue weighted by molar-refractivity contribution is 6.74. The van der Waals surface area contributed by atoms with Gasteiger partial charge in [-0.25, -0.2) is 9.69 Å². The average molecular weight is 548 g/mol. The van der Waals surface area contributed by atoms with Crippen LogP contribution >= 0.6 is 0 Å². The summed E-state index contributed by atoms with van der Waals surface area (Å²) in [6, 6.07) is 7.55. The number of cyclic esters (lactones) is 1. The van der Waals surface area contributed by atoms with Gasteiger partial charge >= 0.3 is 6.09 Å². The fourth-order valence-corrected chi connectivity index (χ4v) is 5.87. The molecule has 1 fully saturated rings. The summed E-state index contributed by atoms with van der Waals surface area (Å²) in [4.78, 5) is 26.9. The molecule has 0 aliphatic carbocycles. The third-order valence-corrected chi connectivity index (χ3v) is 12.7. The number of hydrogen-bond acceptors (Lipinski definition) is 6. The van der Waals surface area contributed by atoms with Crippen molar-refractivity contribution in [1.29, 1.82) is 0 Å². The molecule has 2 rings (SSSR count). The van der Waals surface area contributed by atoms with E-state index in [1.54, 1.807) is 7.11 Å². The Morgan fingerprint density at radius 2 is 1.79 bits per heavy atom. The van der Waals surface area contributed by atoms with Crippen LogP contribution in [0.3, 0.4) is 0 Å². The smallest absolute Gasteiger partial charge is 0.416 e. The van der Waals surface area contributed by atoms with Gasteiger partial charge in [0.2, 0.25) is 5.91 Å². The fraction of sp³-hybridized carbons (Fsp3) is 0.667. The maximum atomic E-state index is 13.3. The van der Waals surface area contributed by atoms with Crippen LogP contribution in [0.25, 0.3) is 0 Å². The lowest BCUT2D eigenvalue weighted by Crippen LogP contribution is -2.51. The van der Waals surface area contributed by atoms with E-state index in [-0.39, 0.29) is 48.1 Å². The molecule has 1 heterocycles. The Morgan fingerprint density at radius 1 is 1.18 bits per heavy atom. The number of nitrogens with zero attached hydrogens (tertiary/aromatic N) is 1. The molecule has 0 radical (unpaired) electrons. The first-order chi connectivity index (χ1) is 17.5. The quantitative estimate of drug-likeness (QED) is 0.196. The van der Waals surface area contributed by atoms with Crippen molar-refractivity contribution < 1.29 is 28.2 Å². The number of imide groups is 1. The highest BCUT2D eigenvalue weighted by Crippen LogP contribution is 2.42. The third-order valence-electron chi connectivity index (χ3n) is 8.17. The van der Waals surface area contributed by atoms with Gasteiger partial charge in [-0.2, -0.15) is 0 Å². The van der Waals surface area contributed by atoms with Crippen molar-refractivity contribution in [3.8, 4) is 5.75 Å². The Bertz CT molecular complexity index is 950. The molecular formula is C30H49NO6Si. The predicted molar refractivity (Wildman–Crippen MR) is 154 cm³/mol.